The third-order valence-electron chi connectivity index (χ3n) is 2.37. The van der Waals surface area contributed by atoms with Crippen LogP contribution in [0.2, 0.25) is 0 Å². The lowest BCUT2D eigenvalue weighted by molar-refractivity contribution is -0.481. The molecule has 0 spiro atoms. The Kier molecular flexibility index (Phi) is 4.02. The predicted molar refractivity (Wildman–Crippen MR) is 46.7 cm³/mol. The van der Waals surface area contributed by atoms with Crippen LogP contribution in [0.4, 0.5) is 0 Å². The highest BCUT2D eigenvalue weighted by Gasteiger charge is 2.60. The SMILES string of the molecule is CCCC(O)(CC)C(O)(O)C(O)(O)O. The van der Waals surface area contributed by atoms with Gasteiger partial charge in [-0.2, -0.15) is 0 Å². The Hall–Kier alpha value is -0.240. The van der Waals surface area contributed by atoms with Gasteiger partial charge < -0.3 is 30.6 Å². The fourth-order valence-corrected chi connectivity index (χ4v) is 1.32. The molecule has 0 aliphatic heterocycles. The zero-order valence-electron chi connectivity index (χ0n) is 8.30. The average molecular weight is 210 g/mol. The molecule has 6 nitrogen and oxygen atoms in total. The zero-order valence-corrected chi connectivity index (χ0v) is 8.30. The van der Waals surface area contributed by atoms with E-state index in [9.17, 15) is 15.3 Å². The third kappa shape index (κ3) is 2.22. The van der Waals surface area contributed by atoms with Crippen molar-refractivity contribution in [3.63, 3.8) is 0 Å². The number of rotatable bonds is 5. The molecule has 0 radical (unpaired) electrons. The summed E-state index contributed by atoms with van der Waals surface area (Å²) in [7, 11) is 0. The molecule has 0 aromatic rings. The molecule has 6 heteroatoms. The Morgan fingerprint density at radius 1 is 0.857 bits per heavy atom. The second-order valence-corrected chi connectivity index (χ2v) is 3.44. The monoisotopic (exact) mass is 210 g/mol. The lowest BCUT2D eigenvalue weighted by atomic mass is 9.84. The molecule has 6 N–H and O–H groups in total. The fourth-order valence-electron chi connectivity index (χ4n) is 1.32. The van der Waals surface area contributed by atoms with Crippen molar-refractivity contribution < 1.29 is 30.6 Å². The van der Waals surface area contributed by atoms with Crippen LogP contribution in [-0.4, -0.2) is 48.0 Å². The first-order chi connectivity index (χ1) is 6.12. The van der Waals surface area contributed by atoms with Gasteiger partial charge in [0.15, 0.2) is 0 Å². The van der Waals surface area contributed by atoms with E-state index >= 15 is 0 Å². The molecule has 1 atom stereocenters. The molecule has 0 aliphatic carbocycles. The van der Waals surface area contributed by atoms with Gasteiger partial charge in [0, 0.05) is 0 Å². The van der Waals surface area contributed by atoms with Crippen molar-refractivity contribution >= 4 is 0 Å². The summed E-state index contributed by atoms with van der Waals surface area (Å²) < 4.78 is 0. The molecule has 0 bridgehead atoms. The van der Waals surface area contributed by atoms with Gasteiger partial charge in [-0.1, -0.05) is 20.3 Å². The van der Waals surface area contributed by atoms with Crippen LogP contribution >= 0.6 is 0 Å². The van der Waals surface area contributed by atoms with E-state index in [1.54, 1.807) is 6.92 Å². The molecule has 0 saturated carbocycles. The standard InChI is InChI=1S/C8H18O6/c1-3-5-6(9,4-2)7(10,11)8(12,13)14/h9-14H,3-5H2,1-2H3. The molecule has 0 saturated heterocycles. The molecular weight excluding hydrogens is 192 g/mol. The molecule has 0 heterocycles. The van der Waals surface area contributed by atoms with E-state index in [2.05, 4.69) is 0 Å². The van der Waals surface area contributed by atoms with Crippen molar-refractivity contribution in [2.75, 3.05) is 0 Å². The Morgan fingerprint density at radius 2 is 1.29 bits per heavy atom. The van der Waals surface area contributed by atoms with Gasteiger partial charge in [-0.3, -0.25) is 0 Å². The van der Waals surface area contributed by atoms with Gasteiger partial charge in [-0.25, -0.2) is 0 Å². The van der Waals surface area contributed by atoms with Gasteiger partial charge in [0.25, 0.3) is 5.79 Å². The summed E-state index contributed by atoms with van der Waals surface area (Å²) in [5, 5.41) is 54.3. The number of hydrogen-bond acceptors (Lipinski definition) is 6. The molecule has 0 amide bonds. The first-order valence-corrected chi connectivity index (χ1v) is 4.46. The van der Waals surface area contributed by atoms with Crippen LogP contribution in [0.1, 0.15) is 33.1 Å². The van der Waals surface area contributed by atoms with E-state index in [0.717, 1.165) is 0 Å². The summed E-state index contributed by atoms with van der Waals surface area (Å²) in [6.07, 6.45) is 0.167. The van der Waals surface area contributed by atoms with Gasteiger partial charge in [0.2, 0.25) is 0 Å². The largest absolute Gasteiger partial charge is 0.384 e. The minimum Gasteiger partial charge on any atom is -0.384 e. The smallest absolute Gasteiger partial charge is 0.335 e. The first-order valence-electron chi connectivity index (χ1n) is 4.46. The summed E-state index contributed by atoms with van der Waals surface area (Å²) in [4.78, 5) is 0. The van der Waals surface area contributed by atoms with Crippen LogP contribution < -0.4 is 0 Å². The van der Waals surface area contributed by atoms with Crippen molar-refractivity contribution in [1.29, 1.82) is 0 Å². The molecule has 0 rings (SSSR count). The lowest BCUT2D eigenvalue weighted by Gasteiger charge is -2.42. The Labute approximate surface area is 82.1 Å². The third-order valence-corrected chi connectivity index (χ3v) is 2.37. The molecule has 0 aromatic carbocycles. The fraction of sp³-hybridized carbons (Fsp3) is 1.00. The van der Waals surface area contributed by atoms with Gasteiger partial charge in [0.05, 0.1) is 0 Å². The summed E-state index contributed by atoms with van der Waals surface area (Å²) in [6.45, 7) is 3.10. The summed E-state index contributed by atoms with van der Waals surface area (Å²) in [5.74, 6) is -7.14. The molecular formula is C8H18O6. The van der Waals surface area contributed by atoms with E-state index in [1.165, 1.54) is 6.92 Å². The lowest BCUT2D eigenvalue weighted by Crippen LogP contribution is -2.68. The van der Waals surface area contributed by atoms with Gasteiger partial charge in [-0.15, -0.1) is 0 Å². The van der Waals surface area contributed by atoms with Crippen molar-refractivity contribution in [1.82, 2.24) is 0 Å². The number of hydrogen-bond donors (Lipinski definition) is 6. The molecule has 0 fully saturated rings. The minimum atomic E-state index is -3.76. The number of aliphatic hydroxyl groups is 6. The summed E-state index contributed by atoms with van der Waals surface area (Å²) in [6, 6.07) is 0. The highest BCUT2D eigenvalue weighted by molar-refractivity contribution is 4.94. The van der Waals surface area contributed by atoms with Gasteiger partial charge in [-0.05, 0) is 12.8 Å². The maximum Gasteiger partial charge on any atom is 0.335 e. The van der Waals surface area contributed by atoms with Crippen LogP contribution in [0.25, 0.3) is 0 Å². The van der Waals surface area contributed by atoms with E-state index in [0.29, 0.717) is 6.42 Å². The Balaban J connectivity index is 5.00. The molecule has 86 valence electrons. The molecule has 0 aliphatic rings. The van der Waals surface area contributed by atoms with Gasteiger partial charge >= 0.3 is 5.97 Å². The summed E-state index contributed by atoms with van der Waals surface area (Å²) in [5.41, 5.74) is -2.17. The van der Waals surface area contributed by atoms with Crippen molar-refractivity contribution in [3.05, 3.63) is 0 Å². The minimum absolute atomic E-state index is 0.0834. The van der Waals surface area contributed by atoms with Crippen molar-refractivity contribution in [2.45, 2.75) is 50.5 Å². The van der Waals surface area contributed by atoms with Gasteiger partial charge in [0.1, 0.15) is 5.60 Å². The summed E-state index contributed by atoms with van der Waals surface area (Å²) >= 11 is 0. The second-order valence-electron chi connectivity index (χ2n) is 3.44. The van der Waals surface area contributed by atoms with E-state index < -0.39 is 17.4 Å². The van der Waals surface area contributed by atoms with E-state index in [1.807, 2.05) is 0 Å². The van der Waals surface area contributed by atoms with E-state index in [4.69, 9.17) is 15.3 Å². The topological polar surface area (TPSA) is 121 Å². The second kappa shape index (κ2) is 4.09. The normalized spacial score (nSPS) is 18.0. The zero-order chi connectivity index (χ0) is 11.6. The van der Waals surface area contributed by atoms with Crippen molar-refractivity contribution in [2.24, 2.45) is 0 Å². The van der Waals surface area contributed by atoms with Crippen LogP contribution in [-0.2, 0) is 0 Å². The van der Waals surface area contributed by atoms with Crippen LogP contribution in [0.5, 0.6) is 0 Å². The molecule has 0 aromatic heterocycles. The quantitative estimate of drug-likeness (QED) is 0.299. The average Bonchev–Trinajstić information content (AvgIpc) is 2.02. The maximum atomic E-state index is 9.70. The first kappa shape index (κ1) is 13.8. The highest BCUT2D eigenvalue weighted by Crippen LogP contribution is 2.34. The Morgan fingerprint density at radius 3 is 1.50 bits per heavy atom. The maximum absolute atomic E-state index is 9.70. The van der Waals surface area contributed by atoms with Crippen molar-refractivity contribution in [3.8, 4) is 0 Å². The van der Waals surface area contributed by atoms with Crippen LogP contribution in [0, 0.1) is 0 Å². The van der Waals surface area contributed by atoms with E-state index in [-0.39, 0.29) is 12.8 Å². The highest BCUT2D eigenvalue weighted by atomic mass is 16.7. The predicted octanol–water partition coefficient (Wildman–Crippen LogP) is -1.76. The molecule has 1 unspecified atom stereocenters. The Bertz CT molecular complexity index is 185. The van der Waals surface area contributed by atoms with Crippen LogP contribution in [0.15, 0.2) is 0 Å². The van der Waals surface area contributed by atoms with Crippen LogP contribution in [0.3, 0.4) is 0 Å². The molecule has 14 heavy (non-hydrogen) atoms.